The molecule has 36 heavy (non-hydrogen) atoms. The van der Waals surface area contributed by atoms with Gasteiger partial charge in [0, 0.05) is 16.9 Å². The number of methoxy groups -OCH3 is 1. The Morgan fingerprint density at radius 2 is 1.42 bits per heavy atom. The molecule has 4 aromatic rings. The third-order valence-electron chi connectivity index (χ3n) is 7.56. The summed E-state index contributed by atoms with van der Waals surface area (Å²) in [6, 6.07) is 28.9. The highest BCUT2D eigenvalue weighted by atomic mass is 16.7. The number of benzene rings is 3. The maximum atomic E-state index is 12.8. The lowest BCUT2D eigenvalue weighted by molar-refractivity contribution is -0.140. The zero-order chi connectivity index (χ0) is 25.5. The molecule has 5 nitrogen and oxygen atoms in total. The number of hydrogen-bond acceptors (Lipinski definition) is 4. The van der Waals surface area contributed by atoms with Gasteiger partial charge in [-0.05, 0) is 57.0 Å². The van der Waals surface area contributed by atoms with E-state index in [0.29, 0.717) is 0 Å². The van der Waals surface area contributed by atoms with Crippen LogP contribution in [-0.4, -0.2) is 36.0 Å². The van der Waals surface area contributed by atoms with Crippen molar-refractivity contribution in [1.82, 2.24) is 4.57 Å². The molecule has 0 amide bonds. The molecule has 0 saturated carbocycles. The Morgan fingerprint density at radius 3 is 2.03 bits per heavy atom. The SMILES string of the molecule is COC(=O)CC(B1OC(C)(C)C(C)(C)O1)c1c(-c2ccccc2)n(-c2ccccc2)c2ccccc12. The molecule has 184 valence electrons. The monoisotopic (exact) mass is 481 g/mol. The number of rotatable bonds is 6. The van der Waals surface area contributed by atoms with Gasteiger partial charge in [0.15, 0.2) is 0 Å². The average Bonchev–Trinajstić information content (AvgIpc) is 3.33. The van der Waals surface area contributed by atoms with Gasteiger partial charge in [-0.2, -0.15) is 0 Å². The molecule has 1 aliphatic rings. The lowest BCUT2D eigenvalue weighted by Gasteiger charge is -2.32. The largest absolute Gasteiger partial charge is 0.469 e. The van der Waals surface area contributed by atoms with Crippen LogP contribution in [0.4, 0.5) is 0 Å². The van der Waals surface area contributed by atoms with Crippen molar-refractivity contribution < 1.29 is 18.8 Å². The topological polar surface area (TPSA) is 49.7 Å². The van der Waals surface area contributed by atoms with E-state index in [1.165, 1.54) is 7.11 Å². The smallest absolute Gasteiger partial charge is 0.466 e. The van der Waals surface area contributed by atoms with Crippen molar-refractivity contribution in [3.63, 3.8) is 0 Å². The van der Waals surface area contributed by atoms with Crippen molar-refractivity contribution in [2.75, 3.05) is 7.11 Å². The van der Waals surface area contributed by atoms with Gasteiger partial charge >= 0.3 is 13.1 Å². The number of hydrogen-bond donors (Lipinski definition) is 0. The van der Waals surface area contributed by atoms with Crippen molar-refractivity contribution in [1.29, 1.82) is 0 Å². The fourth-order valence-corrected chi connectivity index (χ4v) is 5.02. The second-order valence-electron chi connectivity index (χ2n) is 10.3. The van der Waals surface area contributed by atoms with E-state index < -0.39 is 18.3 Å². The van der Waals surface area contributed by atoms with Gasteiger partial charge in [0.05, 0.1) is 35.9 Å². The minimum absolute atomic E-state index is 0.135. The van der Waals surface area contributed by atoms with E-state index in [0.717, 1.165) is 33.4 Å². The Hall–Kier alpha value is -3.35. The predicted molar refractivity (Wildman–Crippen MR) is 144 cm³/mol. The van der Waals surface area contributed by atoms with E-state index in [9.17, 15) is 4.79 Å². The molecule has 0 spiro atoms. The summed E-state index contributed by atoms with van der Waals surface area (Å²) in [6.45, 7) is 8.14. The molecule has 0 bridgehead atoms. The summed E-state index contributed by atoms with van der Waals surface area (Å²) < 4.78 is 20.5. The first-order valence-corrected chi connectivity index (χ1v) is 12.4. The molecule has 3 aromatic carbocycles. The zero-order valence-corrected chi connectivity index (χ0v) is 21.5. The molecule has 1 atom stereocenters. The number of fused-ring (bicyclic) bond motifs is 1. The van der Waals surface area contributed by atoms with Gasteiger partial charge < -0.3 is 18.6 Å². The number of esters is 1. The van der Waals surface area contributed by atoms with Gasteiger partial charge in [0.2, 0.25) is 0 Å². The van der Waals surface area contributed by atoms with Crippen LogP contribution in [-0.2, 0) is 18.8 Å². The molecule has 1 saturated heterocycles. The van der Waals surface area contributed by atoms with Crippen LogP contribution in [0.2, 0.25) is 0 Å². The number of carbonyl (C=O) groups is 1. The van der Waals surface area contributed by atoms with E-state index in [1.807, 2.05) is 76.2 Å². The third-order valence-corrected chi connectivity index (χ3v) is 7.56. The van der Waals surface area contributed by atoms with Crippen molar-refractivity contribution in [2.24, 2.45) is 0 Å². The van der Waals surface area contributed by atoms with Crippen LogP contribution in [0.1, 0.15) is 45.5 Å². The van der Waals surface area contributed by atoms with Gasteiger partial charge in [-0.3, -0.25) is 4.79 Å². The highest BCUT2D eigenvalue weighted by Crippen LogP contribution is 2.47. The summed E-state index contributed by atoms with van der Waals surface area (Å²) in [5, 5.41) is 1.06. The van der Waals surface area contributed by atoms with E-state index >= 15 is 0 Å². The average molecular weight is 481 g/mol. The Morgan fingerprint density at radius 1 is 0.861 bits per heavy atom. The normalized spacial score (nSPS) is 17.3. The fourth-order valence-electron chi connectivity index (χ4n) is 5.02. The number of para-hydroxylation sites is 2. The van der Waals surface area contributed by atoms with Crippen LogP contribution >= 0.6 is 0 Å². The fraction of sp³-hybridized carbons (Fsp3) is 0.300. The number of carbonyl (C=O) groups excluding carboxylic acids is 1. The minimum Gasteiger partial charge on any atom is -0.469 e. The molecule has 1 aromatic heterocycles. The summed E-state index contributed by atoms with van der Waals surface area (Å²) in [4.78, 5) is 12.8. The Balaban J connectivity index is 1.83. The Labute approximate surface area is 213 Å². The second kappa shape index (κ2) is 9.27. The van der Waals surface area contributed by atoms with Gasteiger partial charge in [0.25, 0.3) is 0 Å². The maximum Gasteiger partial charge on any atom is 0.466 e. The van der Waals surface area contributed by atoms with E-state index in [2.05, 4.69) is 41.0 Å². The summed E-state index contributed by atoms with van der Waals surface area (Å²) in [5.41, 5.74) is 4.14. The molecule has 0 aliphatic carbocycles. The summed E-state index contributed by atoms with van der Waals surface area (Å²) in [5.74, 6) is -0.686. The molecular weight excluding hydrogens is 449 g/mol. The quantitative estimate of drug-likeness (QED) is 0.231. The maximum absolute atomic E-state index is 12.8. The van der Waals surface area contributed by atoms with Crippen LogP contribution in [0, 0.1) is 0 Å². The summed E-state index contributed by atoms with van der Waals surface area (Å²) >= 11 is 0. The van der Waals surface area contributed by atoms with Crippen molar-refractivity contribution in [3.05, 3.63) is 90.5 Å². The second-order valence-corrected chi connectivity index (χ2v) is 10.3. The number of ether oxygens (including phenoxy) is 1. The van der Waals surface area contributed by atoms with E-state index in [4.69, 9.17) is 14.0 Å². The van der Waals surface area contributed by atoms with Gasteiger partial charge in [-0.1, -0.05) is 66.7 Å². The van der Waals surface area contributed by atoms with E-state index in [-0.39, 0.29) is 18.2 Å². The van der Waals surface area contributed by atoms with Crippen LogP contribution in [0.3, 0.4) is 0 Å². The molecule has 0 radical (unpaired) electrons. The predicted octanol–water partition coefficient (Wildman–Crippen LogP) is 6.58. The Bertz CT molecular complexity index is 1360. The lowest BCUT2D eigenvalue weighted by Crippen LogP contribution is -2.41. The highest BCUT2D eigenvalue weighted by molar-refractivity contribution is 6.48. The molecule has 1 fully saturated rings. The van der Waals surface area contributed by atoms with Crippen molar-refractivity contribution in [2.45, 2.75) is 51.1 Å². The highest BCUT2D eigenvalue weighted by Gasteiger charge is 2.55. The third kappa shape index (κ3) is 4.14. The van der Waals surface area contributed by atoms with Crippen molar-refractivity contribution >= 4 is 24.0 Å². The van der Waals surface area contributed by atoms with Gasteiger partial charge in [-0.25, -0.2) is 0 Å². The van der Waals surface area contributed by atoms with Crippen LogP contribution in [0.15, 0.2) is 84.9 Å². The molecule has 1 unspecified atom stereocenters. The molecule has 0 N–H and O–H groups in total. The first-order valence-electron chi connectivity index (χ1n) is 12.4. The van der Waals surface area contributed by atoms with Crippen LogP contribution in [0.25, 0.3) is 27.8 Å². The molecular formula is C30H32BNO4. The van der Waals surface area contributed by atoms with Gasteiger partial charge in [0.1, 0.15) is 0 Å². The number of nitrogens with zero attached hydrogens (tertiary/aromatic N) is 1. The first-order chi connectivity index (χ1) is 17.2. The zero-order valence-electron chi connectivity index (χ0n) is 21.5. The molecule has 2 heterocycles. The molecule has 6 heteroatoms. The lowest BCUT2D eigenvalue weighted by atomic mass is 9.65. The van der Waals surface area contributed by atoms with Crippen LogP contribution < -0.4 is 0 Å². The standard InChI is InChI=1S/C30H32BNO4/c1-29(2)30(3,4)36-31(35-29)24(20-26(33)34-5)27-23-18-12-13-19-25(23)32(22-16-10-7-11-17-22)28(27)21-14-8-6-9-15-21/h6-19,24H,20H2,1-5H3. The molecule has 1 aliphatic heterocycles. The Kier molecular flexibility index (Phi) is 6.27. The van der Waals surface area contributed by atoms with E-state index in [1.54, 1.807) is 0 Å². The minimum atomic E-state index is -0.619. The first kappa shape index (κ1) is 24.4. The number of aromatic nitrogens is 1. The summed E-state index contributed by atoms with van der Waals surface area (Å²) in [7, 11) is 0.807. The van der Waals surface area contributed by atoms with Crippen LogP contribution in [0.5, 0.6) is 0 Å². The van der Waals surface area contributed by atoms with Crippen molar-refractivity contribution in [3.8, 4) is 16.9 Å². The van der Waals surface area contributed by atoms with Gasteiger partial charge in [-0.15, -0.1) is 0 Å². The summed E-state index contributed by atoms with van der Waals surface area (Å²) in [6.07, 6.45) is 0.135. The molecule has 5 rings (SSSR count).